The van der Waals surface area contributed by atoms with Gasteiger partial charge in [-0.05, 0) is 29.0 Å². The molecule has 0 heterocycles. The van der Waals surface area contributed by atoms with E-state index in [0.29, 0.717) is 5.75 Å². The van der Waals surface area contributed by atoms with Gasteiger partial charge < -0.3 is 10.2 Å². The molecule has 1 aromatic rings. The Bertz CT molecular complexity index is 375. The summed E-state index contributed by atoms with van der Waals surface area (Å²) in [5, 5.41) is 19.2. The monoisotopic (exact) mass is 222 g/mol. The van der Waals surface area contributed by atoms with E-state index < -0.39 is 0 Å². The lowest BCUT2D eigenvalue weighted by atomic mass is 9.82. The van der Waals surface area contributed by atoms with Crippen LogP contribution in [0.3, 0.4) is 0 Å². The van der Waals surface area contributed by atoms with Crippen LogP contribution in [-0.2, 0) is 5.41 Å². The van der Waals surface area contributed by atoms with Gasteiger partial charge in [0, 0.05) is 12.5 Å². The highest BCUT2D eigenvalue weighted by Gasteiger charge is 2.21. The Morgan fingerprint density at radius 3 is 2.25 bits per heavy atom. The zero-order valence-electron chi connectivity index (χ0n) is 10.8. The molecular formula is C14H22O2. The fourth-order valence-corrected chi connectivity index (χ4v) is 1.77. The van der Waals surface area contributed by atoms with Crippen LogP contribution >= 0.6 is 0 Å². The Balaban J connectivity index is 3.33. The minimum absolute atomic E-state index is 0.0833. The fraction of sp³-hybridized carbons (Fsp3) is 0.571. The van der Waals surface area contributed by atoms with Crippen molar-refractivity contribution in [3.63, 3.8) is 0 Å². The van der Waals surface area contributed by atoms with Crippen LogP contribution in [-0.4, -0.2) is 16.8 Å². The molecule has 0 aromatic heterocycles. The van der Waals surface area contributed by atoms with E-state index in [0.717, 1.165) is 16.7 Å². The first-order valence-corrected chi connectivity index (χ1v) is 5.72. The summed E-state index contributed by atoms with van der Waals surface area (Å²) in [5.74, 6) is 0.488. The molecule has 0 fully saturated rings. The summed E-state index contributed by atoms with van der Waals surface area (Å²) < 4.78 is 0. The Morgan fingerprint density at radius 1 is 1.25 bits per heavy atom. The summed E-state index contributed by atoms with van der Waals surface area (Å²) in [5.41, 5.74) is 2.83. The van der Waals surface area contributed by atoms with Crippen molar-refractivity contribution in [2.24, 2.45) is 0 Å². The number of benzene rings is 1. The van der Waals surface area contributed by atoms with Gasteiger partial charge in [0.15, 0.2) is 0 Å². The number of hydrogen-bond donors (Lipinski definition) is 2. The first kappa shape index (κ1) is 13.0. The van der Waals surface area contributed by atoms with Gasteiger partial charge in [0.05, 0.1) is 0 Å². The zero-order valence-corrected chi connectivity index (χ0v) is 10.8. The van der Waals surface area contributed by atoms with Gasteiger partial charge in [0.1, 0.15) is 5.75 Å². The van der Waals surface area contributed by atoms with Crippen LogP contribution in [0.2, 0.25) is 0 Å². The Morgan fingerprint density at radius 2 is 1.81 bits per heavy atom. The van der Waals surface area contributed by atoms with E-state index in [1.54, 1.807) is 0 Å². The van der Waals surface area contributed by atoms with Gasteiger partial charge in [-0.15, -0.1) is 0 Å². The number of phenols is 1. The molecule has 0 radical (unpaired) electrons. The molecule has 16 heavy (non-hydrogen) atoms. The average molecular weight is 222 g/mol. The summed E-state index contributed by atoms with van der Waals surface area (Å²) in [7, 11) is 0. The van der Waals surface area contributed by atoms with Crippen LogP contribution in [0.15, 0.2) is 12.1 Å². The minimum Gasteiger partial charge on any atom is -0.507 e. The average Bonchev–Trinajstić information content (AvgIpc) is 2.18. The van der Waals surface area contributed by atoms with Crippen molar-refractivity contribution in [1.82, 2.24) is 0 Å². The van der Waals surface area contributed by atoms with Gasteiger partial charge in [-0.25, -0.2) is 0 Å². The second-order valence-corrected chi connectivity index (χ2v) is 5.57. The van der Waals surface area contributed by atoms with E-state index in [9.17, 15) is 10.2 Å². The maximum atomic E-state index is 10.0. The first-order chi connectivity index (χ1) is 7.27. The number of aryl methyl sites for hydroxylation is 1. The number of aliphatic hydroxyl groups is 1. The van der Waals surface area contributed by atoms with Crippen LogP contribution in [0.25, 0.3) is 0 Å². The lowest BCUT2D eigenvalue weighted by molar-refractivity contribution is 0.273. The third-order valence-electron chi connectivity index (χ3n) is 2.97. The van der Waals surface area contributed by atoms with E-state index in [-0.39, 0.29) is 17.9 Å². The molecule has 0 aliphatic carbocycles. The smallest absolute Gasteiger partial charge is 0.122 e. The maximum absolute atomic E-state index is 10.0. The second-order valence-electron chi connectivity index (χ2n) is 5.57. The van der Waals surface area contributed by atoms with Crippen LogP contribution < -0.4 is 0 Å². The van der Waals surface area contributed by atoms with E-state index in [2.05, 4.69) is 20.8 Å². The van der Waals surface area contributed by atoms with Crippen molar-refractivity contribution in [1.29, 1.82) is 0 Å². The summed E-state index contributed by atoms with van der Waals surface area (Å²) >= 11 is 0. The van der Waals surface area contributed by atoms with Crippen LogP contribution in [0.4, 0.5) is 0 Å². The highest BCUT2D eigenvalue weighted by Crippen LogP contribution is 2.35. The van der Waals surface area contributed by atoms with Crippen molar-refractivity contribution in [2.45, 2.75) is 46.0 Å². The molecule has 0 saturated carbocycles. The maximum Gasteiger partial charge on any atom is 0.122 e. The lowest BCUT2D eigenvalue weighted by Gasteiger charge is -2.23. The molecule has 1 rings (SSSR count). The summed E-state index contributed by atoms with van der Waals surface area (Å²) in [6.07, 6.45) is 0. The SMILES string of the molecule is Cc1cc(C(C)CO)cc(C(C)(C)C)c1O. The fourth-order valence-electron chi connectivity index (χ4n) is 1.77. The molecule has 2 N–H and O–H groups in total. The van der Waals surface area contributed by atoms with Gasteiger partial charge >= 0.3 is 0 Å². The topological polar surface area (TPSA) is 40.5 Å². The van der Waals surface area contributed by atoms with Crippen LogP contribution in [0, 0.1) is 6.92 Å². The molecule has 1 atom stereocenters. The van der Waals surface area contributed by atoms with Crippen molar-refractivity contribution in [3.05, 3.63) is 28.8 Å². The van der Waals surface area contributed by atoms with Crippen molar-refractivity contribution >= 4 is 0 Å². The normalized spacial score (nSPS) is 13.9. The number of hydrogen-bond acceptors (Lipinski definition) is 2. The lowest BCUT2D eigenvalue weighted by Crippen LogP contribution is -2.13. The highest BCUT2D eigenvalue weighted by atomic mass is 16.3. The van der Waals surface area contributed by atoms with Crippen molar-refractivity contribution < 1.29 is 10.2 Å². The second kappa shape index (κ2) is 4.46. The molecule has 2 nitrogen and oxygen atoms in total. The van der Waals surface area contributed by atoms with Crippen LogP contribution in [0.5, 0.6) is 5.75 Å². The number of aliphatic hydroxyl groups excluding tert-OH is 1. The molecule has 1 aromatic carbocycles. The molecule has 0 aliphatic rings. The first-order valence-electron chi connectivity index (χ1n) is 5.72. The number of rotatable bonds is 2. The van der Waals surface area contributed by atoms with Gasteiger partial charge in [0.2, 0.25) is 0 Å². The van der Waals surface area contributed by atoms with Crippen LogP contribution in [0.1, 0.15) is 50.3 Å². The van der Waals surface area contributed by atoms with E-state index in [4.69, 9.17) is 0 Å². The summed E-state index contributed by atoms with van der Waals surface area (Å²) in [6.45, 7) is 10.3. The van der Waals surface area contributed by atoms with Gasteiger partial charge in [-0.1, -0.05) is 39.8 Å². The summed E-state index contributed by atoms with van der Waals surface area (Å²) in [6, 6.07) is 3.95. The number of phenolic OH excluding ortho intramolecular Hbond substituents is 1. The van der Waals surface area contributed by atoms with Gasteiger partial charge in [0.25, 0.3) is 0 Å². The Kier molecular flexibility index (Phi) is 3.64. The van der Waals surface area contributed by atoms with Crippen molar-refractivity contribution in [2.75, 3.05) is 6.61 Å². The third kappa shape index (κ3) is 2.56. The quantitative estimate of drug-likeness (QED) is 0.807. The summed E-state index contributed by atoms with van der Waals surface area (Å²) in [4.78, 5) is 0. The van der Waals surface area contributed by atoms with E-state index in [1.807, 2.05) is 26.0 Å². The highest BCUT2D eigenvalue weighted by molar-refractivity contribution is 5.47. The largest absolute Gasteiger partial charge is 0.507 e. The molecule has 0 spiro atoms. The molecule has 0 saturated heterocycles. The molecule has 90 valence electrons. The zero-order chi connectivity index (χ0) is 12.5. The Labute approximate surface area is 97.9 Å². The van der Waals surface area contributed by atoms with Gasteiger partial charge in [-0.2, -0.15) is 0 Å². The predicted octanol–water partition coefficient (Wildman–Crippen LogP) is 3.09. The molecule has 0 aliphatic heterocycles. The third-order valence-corrected chi connectivity index (χ3v) is 2.97. The Hall–Kier alpha value is -1.02. The predicted molar refractivity (Wildman–Crippen MR) is 67.0 cm³/mol. The number of aromatic hydroxyl groups is 1. The minimum atomic E-state index is -0.0833. The van der Waals surface area contributed by atoms with E-state index in [1.165, 1.54) is 0 Å². The van der Waals surface area contributed by atoms with Gasteiger partial charge in [-0.3, -0.25) is 0 Å². The molecular weight excluding hydrogens is 200 g/mol. The molecule has 2 heteroatoms. The van der Waals surface area contributed by atoms with Crippen molar-refractivity contribution in [3.8, 4) is 5.75 Å². The molecule has 0 bridgehead atoms. The molecule has 0 amide bonds. The van der Waals surface area contributed by atoms with E-state index >= 15 is 0 Å². The molecule has 1 unspecified atom stereocenters. The standard InChI is InChI=1S/C14H22O2/c1-9-6-11(10(2)8-15)7-12(13(9)16)14(3,4)5/h6-7,10,15-16H,8H2,1-5H3.